The molecule has 0 aromatic heterocycles. The zero-order chi connectivity index (χ0) is 16.5. The molecule has 1 aliphatic rings. The lowest BCUT2D eigenvalue weighted by molar-refractivity contribution is -0.136. The summed E-state index contributed by atoms with van der Waals surface area (Å²) in [5.74, 6) is -0.647. The minimum absolute atomic E-state index is 0.164. The summed E-state index contributed by atoms with van der Waals surface area (Å²) < 4.78 is 10.4. The first-order valence-corrected chi connectivity index (χ1v) is 7.31. The lowest BCUT2D eigenvalue weighted by Gasteiger charge is -2.34. The molecule has 122 valence electrons. The van der Waals surface area contributed by atoms with Crippen LogP contribution in [0.5, 0.6) is 0 Å². The molecule has 0 aromatic rings. The fourth-order valence-electron chi connectivity index (χ4n) is 2.27. The molecule has 8 heteroatoms. The van der Waals surface area contributed by atoms with Crippen molar-refractivity contribution < 1.29 is 19.1 Å². The van der Waals surface area contributed by atoms with Gasteiger partial charge in [-0.2, -0.15) is 0 Å². The number of amides is 1. The van der Waals surface area contributed by atoms with Gasteiger partial charge in [0, 0.05) is 23.5 Å². The van der Waals surface area contributed by atoms with Crippen molar-refractivity contribution in [2.75, 3.05) is 13.7 Å². The molecule has 1 rings (SSSR count). The van der Waals surface area contributed by atoms with Crippen LogP contribution >= 0.6 is 0 Å². The normalized spacial score (nSPS) is 24.0. The number of carbonyl (C=O) groups is 2. The minimum atomic E-state index is -0.596. The predicted octanol–water partition coefficient (Wildman–Crippen LogP) is 1.86. The highest BCUT2D eigenvalue weighted by molar-refractivity contribution is 5.89. The molecular weight excluding hydrogens is 288 g/mol. The largest absolute Gasteiger partial charge is 0.466 e. The van der Waals surface area contributed by atoms with Crippen LogP contribution in [0.1, 0.15) is 33.1 Å². The second-order valence-electron chi connectivity index (χ2n) is 4.94. The van der Waals surface area contributed by atoms with Crippen LogP contribution in [0.3, 0.4) is 0 Å². The van der Waals surface area contributed by atoms with Crippen LogP contribution < -0.4 is 5.32 Å². The lowest BCUT2D eigenvalue weighted by atomic mass is 9.88. The molecule has 1 aliphatic carbocycles. The second-order valence-corrected chi connectivity index (χ2v) is 4.94. The van der Waals surface area contributed by atoms with Crippen LogP contribution in [0.2, 0.25) is 0 Å². The van der Waals surface area contributed by atoms with E-state index in [2.05, 4.69) is 15.3 Å². The molecule has 0 aliphatic heterocycles. The number of methoxy groups -OCH3 is 1. The Bertz CT molecular complexity index is 485. The fraction of sp³-hybridized carbons (Fsp3) is 0.714. The van der Waals surface area contributed by atoms with Crippen molar-refractivity contribution in [3.8, 4) is 0 Å². The van der Waals surface area contributed by atoms with Crippen LogP contribution in [-0.4, -0.2) is 43.8 Å². The number of rotatable bonds is 7. The Morgan fingerprint density at radius 1 is 1.50 bits per heavy atom. The van der Waals surface area contributed by atoms with Gasteiger partial charge in [0.25, 0.3) is 0 Å². The SMILES string of the molecule is CCCOC1C=C(C(=O)OC)CC(N=[N+]=[N-])C1NC(=O)CC. The van der Waals surface area contributed by atoms with Gasteiger partial charge in [0.15, 0.2) is 0 Å². The van der Waals surface area contributed by atoms with Gasteiger partial charge in [0.1, 0.15) is 0 Å². The Labute approximate surface area is 129 Å². The van der Waals surface area contributed by atoms with Crippen molar-refractivity contribution >= 4 is 11.9 Å². The highest BCUT2D eigenvalue weighted by atomic mass is 16.5. The van der Waals surface area contributed by atoms with Crippen molar-refractivity contribution in [1.82, 2.24) is 5.32 Å². The number of nitrogens with zero attached hydrogens (tertiary/aromatic N) is 3. The smallest absolute Gasteiger partial charge is 0.333 e. The van der Waals surface area contributed by atoms with Crippen molar-refractivity contribution in [3.05, 3.63) is 22.1 Å². The summed E-state index contributed by atoms with van der Waals surface area (Å²) in [6, 6.07) is -1.09. The summed E-state index contributed by atoms with van der Waals surface area (Å²) in [4.78, 5) is 26.3. The molecule has 0 radical (unpaired) electrons. The average Bonchev–Trinajstić information content (AvgIpc) is 2.53. The first-order chi connectivity index (χ1) is 10.6. The quantitative estimate of drug-likeness (QED) is 0.334. The van der Waals surface area contributed by atoms with E-state index in [0.29, 0.717) is 18.6 Å². The Balaban J connectivity index is 3.09. The molecule has 0 saturated heterocycles. The molecule has 0 aromatic carbocycles. The summed E-state index contributed by atoms with van der Waals surface area (Å²) in [6.45, 7) is 4.16. The molecule has 0 heterocycles. The Morgan fingerprint density at radius 2 is 2.23 bits per heavy atom. The van der Waals surface area contributed by atoms with Gasteiger partial charge in [-0.3, -0.25) is 4.79 Å². The highest BCUT2D eigenvalue weighted by Crippen LogP contribution is 2.25. The predicted molar refractivity (Wildman–Crippen MR) is 79.9 cm³/mol. The number of esters is 1. The maximum absolute atomic E-state index is 11.8. The van der Waals surface area contributed by atoms with E-state index in [1.54, 1.807) is 13.0 Å². The molecule has 8 nitrogen and oxygen atoms in total. The molecule has 0 saturated carbocycles. The maximum atomic E-state index is 11.8. The summed E-state index contributed by atoms with van der Waals surface area (Å²) in [5, 5.41) is 6.53. The van der Waals surface area contributed by atoms with Crippen LogP contribution in [-0.2, 0) is 19.1 Å². The van der Waals surface area contributed by atoms with E-state index in [4.69, 9.17) is 15.0 Å². The van der Waals surface area contributed by atoms with Gasteiger partial charge in [-0.15, -0.1) is 0 Å². The standard InChI is InChI=1S/C14H22N4O4/c1-4-6-22-11-8-9(14(20)21-3)7-10(17-18-15)13(11)16-12(19)5-2/h8,10-11,13H,4-7H2,1-3H3,(H,16,19). The third kappa shape index (κ3) is 4.75. The zero-order valence-electron chi connectivity index (χ0n) is 13.1. The topological polar surface area (TPSA) is 113 Å². The van der Waals surface area contributed by atoms with E-state index < -0.39 is 24.2 Å². The van der Waals surface area contributed by atoms with Gasteiger partial charge in [-0.1, -0.05) is 19.0 Å². The molecule has 3 atom stereocenters. The van der Waals surface area contributed by atoms with Gasteiger partial charge in [0.05, 0.1) is 25.3 Å². The highest BCUT2D eigenvalue weighted by Gasteiger charge is 2.36. The van der Waals surface area contributed by atoms with Crippen molar-refractivity contribution in [1.29, 1.82) is 0 Å². The van der Waals surface area contributed by atoms with E-state index in [9.17, 15) is 9.59 Å². The van der Waals surface area contributed by atoms with E-state index >= 15 is 0 Å². The van der Waals surface area contributed by atoms with Crippen molar-refractivity contribution in [2.24, 2.45) is 5.11 Å². The first kappa shape index (κ1) is 18.0. The second kappa shape index (κ2) is 9.07. The van der Waals surface area contributed by atoms with Gasteiger partial charge in [-0.25, -0.2) is 4.79 Å². The Morgan fingerprint density at radius 3 is 2.77 bits per heavy atom. The van der Waals surface area contributed by atoms with E-state index in [1.165, 1.54) is 7.11 Å². The maximum Gasteiger partial charge on any atom is 0.333 e. The first-order valence-electron chi connectivity index (χ1n) is 7.31. The number of ether oxygens (including phenoxy) is 2. The van der Waals surface area contributed by atoms with Crippen LogP contribution in [0.25, 0.3) is 10.4 Å². The number of hydrogen-bond acceptors (Lipinski definition) is 5. The number of azide groups is 1. The summed E-state index contributed by atoms with van der Waals surface area (Å²) in [5.41, 5.74) is 9.13. The van der Waals surface area contributed by atoms with Gasteiger partial charge >= 0.3 is 5.97 Å². The molecular formula is C14H22N4O4. The molecule has 0 fully saturated rings. The molecule has 1 amide bonds. The minimum Gasteiger partial charge on any atom is -0.466 e. The zero-order valence-corrected chi connectivity index (χ0v) is 13.1. The number of nitrogens with one attached hydrogen (secondary N) is 1. The molecule has 22 heavy (non-hydrogen) atoms. The Kier molecular flexibility index (Phi) is 7.42. The monoisotopic (exact) mass is 310 g/mol. The van der Waals surface area contributed by atoms with Crippen LogP contribution in [0.4, 0.5) is 0 Å². The van der Waals surface area contributed by atoms with Gasteiger partial charge in [-0.05, 0) is 24.4 Å². The summed E-state index contributed by atoms with van der Waals surface area (Å²) in [7, 11) is 1.29. The van der Waals surface area contributed by atoms with E-state index in [1.807, 2.05) is 6.92 Å². The molecule has 0 spiro atoms. The Hall–Kier alpha value is -2.05. The van der Waals surface area contributed by atoms with Crippen molar-refractivity contribution in [3.63, 3.8) is 0 Å². The van der Waals surface area contributed by atoms with E-state index in [0.717, 1.165) is 6.42 Å². The van der Waals surface area contributed by atoms with Crippen LogP contribution in [0, 0.1) is 0 Å². The molecule has 1 N–H and O–H groups in total. The van der Waals surface area contributed by atoms with Crippen molar-refractivity contribution in [2.45, 2.75) is 51.3 Å². The summed E-state index contributed by atoms with van der Waals surface area (Å²) >= 11 is 0. The molecule has 3 unspecified atom stereocenters. The third-order valence-corrected chi connectivity index (χ3v) is 3.37. The molecule has 0 bridgehead atoms. The number of carbonyl (C=O) groups excluding carboxylic acids is 2. The van der Waals surface area contributed by atoms with Gasteiger partial charge < -0.3 is 14.8 Å². The third-order valence-electron chi connectivity index (χ3n) is 3.37. The van der Waals surface area contributed by atoms with Gasteiger partial charge in [0.2, 0.25) is 5.91 Å². The summed E-state index contributed by atoms with van der Waals surface area (Å²) in [6.07, 6.45) is 2.42. The lowest BCUT2D eigenvalue weighted by Crippen LogP contribution is -2.52. The average molecular weight is 310 g/mol. The van der Waals surface area contributed by atoms with E-state index in [-0.39, 0.29) is 12.3 Å². The fourth-order valence-corrected chi connectivity index (χ4v) is 2.27. The number of hydrogen-bond donors (Lipinski definition) is 1. The van der Waals surface area contributed by atoms with Crippen LogP contribution in [0.15, 0.2) is 16.8 Å².